The summed E-state index contributed by atoms with van der Waals surface area (Å²) in [5, 5.41) is 10.5. The second kappa shape index (κ2) is 9.27. The van der Waals surface area contributed by atoms with Crippen molar-refractivity contribution in [3.05, 3.63) is 59.7 Å². The molecule has 3 heterocycles. The van der Waals surface area contributed by atoms with Crippen LogP contribution in [0.25, 0.3) is 11.0 Å². The molecular weight excluding hydrogens is 463 g/mol. The molecule has 1 saturated heterocycles. The number of likely N-dealkylation sites (tertiary alicyclic amines) is 1. The summed E-state index contributed by atoms with van der Waals surface area (Å²) >= 11 is -1.25. The molecule has 2 aliphatic rings. The summed E-state index contributed by atoms with van der Waals surface area (Å²) in [6, 6.07) is 12.7. The molecule has 1 aliphatic heterocycles. The number of hydrogen-bond acceptors (Lipinski definition) is 3. The number of nitrogens with zero attached hydrogens (tertiary/aromatic N) is 4. The third-order valence-electron chi connectivity index (χ3n) is 7.05. The van der Waals surface area contributed by atoms with Crippen molar-refractivity contribution in [1.82, 2.24) is 19.4 Å². The predicted molar refractivity (Wildman–Crippen MR) is 127 cm³/mol. The summed E-state index contributed by atoms with van der Waals surface area (Å²) in [7, 11) is 0. The van der Waals surface area contributed by atoms with Gasteiger partial charge in [0.1, 0.15) is 0 Å². The summed E-state index contributed by atoms with van der Waals surface area (Å²) in [6.07, 6.45) is 6.82. The van der Waals surface area contributed by atoms with Gasteiger partial charge in [-0.2, -0.15) is 0 Å². The molecule has 1 unspecified atom stereocenters. The number of carboxylic acid groups (broad SMARTS) is 1. The fourth-order valence-electron chi connectivity index (χ4n) is 5.44. The van der Waals surface area contributed by atoms with E-state index in [0.29, 0.717) is 23.7 Å². The van der Waals surface area contributed by atoms with Crippen LogP contribution in [0.1, 0.15) is 47.5 Å². The molecule has 1 amide bonds. The zero-order chi connectivity index (χ0) is 22.1. The Morgan fingerprint density at radius 2 is 2.06 bits per heavy atom. The van der Waals surface area contributed by atoms with Gasteiger partial charge in [0.05, 0.1) is 0 Å². The van der Waals surface area contributed by atoms with Crippen molar-refractivity contribution in [2.45, 2.75) is 54.3 Å². The van der Waals surface area contributed by atoms with E-state index in [9.17, 15) is 9.90 Å². The molecule has 3 atom stereocenters. The van der Waals surface area contributed by atoms with E-state index in [2.05, 4.69) is 46.7 Å². The maximum absolute atomic E-state index is 11.5. The molecule has 0 saturated carbocycles. The van der Waals surface area contributed by atoms with Gasteiger partial charge in [-0.3, -0.25) is 0 Å². The van der Waals surface area contributed by atoms with Crippen LogP contribution in [0, 0.1) is 5.92 Å². The third kappa shape index (κ3) is 4.30. The topological polar surface area (TPSA) is 71.2 Å². The molecule has 0 radical (unpaired) electrons. The molecular formula is C25H31AsN4O2. The van der Waals surface area contributed by atoms with Gasteiger partial charge >= 0.3 is 194 Å². The number of imidazole rings is 1. The van der Waals surface area contributed by atoms with Crippen molar-refractivity contribution < 1.29 is 9.90 Å². The summed E-state index contributed by atoms with van der Waals surface area (Å²) in [4.78, 5) is 23.0. The Hall–Kier alpha value is -2.33. The molecule has 1 N–H and O–H groups in total. The van der Waals surface area contributed by atoms with E-state index in [1.165, 1.54) is 35.4 Å². The zero-order valence-corrected chi connectivity index (χ0v) is 20.5. The number of hydrogen-bond donors (Lipinski definition) is 1. The van der Waals surface area contributed by atoms with Crippen LogP contribution in [0.15, 0.2) is 42.6 Å². The van der Waals surface area contributed by atoms with Crippen LogP contribution >= 0.6 is 0 Å². The Morgan fingerprint density at radius 1 is 1.19 bits per heavy atom. The van der Waals surface area contributed by atoms with Crippen LogP contribution < -0.4 is 0 Å². The van der Waals surface area contributed by atoms with Crippen LogP contribution in [0.5, 0.6) is 0 Å². The molecule has 1 aliphatic carbocycles. The van der Waals surface area contributed by atoms with Crippen molar-refractivity contribution in [3.63, 3.8) is 0 Å². The Bertz CT molecular complexity index is 1110. The number of pyridine rings is 1. The van der Waals surface area contributed by atoms with Gasteiger partial charge in [-0.05, 0) is 0 Å². The number of carbonyl (C=O) groups is 1. The van der Waals surface area contributed by atoms with Gasteiger partial charge in [0, 0.05) is 0 Å². The monoisotopic (exact) mass is 494 g/mol. The average Bonchev–Trinajstić information content (AvgIpc) is 3.15. The number of para-hydroxylation sites is 2. The van der Waals surface area contributed by atoms with E-state index in [0.717, 1.165) is 36.5 Å². The van der Waals surface area contributed by atoms with Crippen molar-refractivity contribution in [3.8, 4) is 0 Å². The molecule has 168 valence electrons. The first-order valence-corrected chi connectivity index (χ1v) is 15.9. The molecule has 0 bridgehead atoms. The van der Waals surface area contributed by atoms with Crippen molar-refractivity contribution in [2.75, 3.05) is 13.1 Å². The summed E-state index contributed by atoms with van der Waals surface area (Å²) in [6.45, 7) is 2.12. The molecule has 1 aromatic carbocycles. The fourth-order valence-corrected chi connectivity index (χ4v) is 10.0. The van der Waals surface area contributed by atoms with E-state index in [1.807, 2.05) is 6.20 Å². The SMILES string of the molecule is C[As](Cc1nc2ccccc2n1C[C@@H]1CCCN(C(=O)O)C1)[C@@H]1CCCc2cccnc21. The van der Waals surface area contributed by atoms with Crippen molar-refractivity contribution in [1.29, 1.82) is 0 Å². The Balaban J connectivity index is 1.41. The number of piperidine rings is 1. The van der Waals surface area contributed by atoms with E-state index in [-0.39, 0.29) is 0 Å². The van der Waals surface area contributed by atoms with Gasteiger partial charge in [-0.25, -0.2) is 0 Å². The first kappa shape index (κ1) is 21.5. The molecule has 0 spiro atoms. The normalized spacial score (nSPS) is 22.0. The van der Waals surface area contributed by atoms with E-state index < -0.39 is 20.7 Å². The van der Waals surface area contributed by atoms with Gasteiger partial charge in [0.15, 0.2) is 0 Å². The number of rotatable bonds is 5. The molecule has 6 nitrogen and oxygen atoms in total. The number of benzene rings is 1. The van der Waals surface area contributed by atoms with Gasteiger partial charge in [-0.1, -0.05) is 0 Å². The molecule has 2 aromatic heterocycles. The van der Waals surface area contributed by atoms with Gasteiger partial charge in [0.2, 0.25) is 0 Å². The molecule has 7 heteroatoms. The standard InChI is InChI=1S/C25H31AsN4O2/c1-26(20-10-4-8-19-9-5-13-27-24(19)20)15-23-28-21-11-2-3-12-22(21)30(23)17-18-7-6-14-29(16-18)25(31)32/h2-3,5,9,11-13,18,20H,4,6-8,10,14-17H2,1H3,(H,31,32)/t18-,20-,26?/m1/s1. The van der Waals surface area contributed by atoms with E-state index >= 15 is 0 Å². The number of fused-ring (bicyclic) bond motifs is 2. The maximum atomic E-state index is 11.5. The number of aromatic nitrogens is 3. The quantitative estimate of drug-likeness (QED) is 0.523. The summed E-state index contributed by atoms with van der Waals surface area (Å²) in [5.41, 5.74) is 7.50. The predicted octanol–water partition coefficient (Wildman–Crippen LogP) is 4.69. The Labute approximate surface area is 193 Å². The Kier molecular flexibility index (Phi) is 6.23. The van der Waals surface area contributed by atoms with E-state index in [1.54, 1.807) is 4.90 Å². The molecule has 3 aromatic rings. The van der Waals surface area contributed by atoms with Crippen LogP contribution in [0.3, 0.4) is 0 Å². The minimum absolute atomic E-state index is 0.339. The molecule has 1 fully saturated rings. The first-order valence-electron chi connectivity index (χ1n) is 11.7. The van der Waals surface area contributed by atoms with Crippen LogP contribution in [-0.2, 0) is 18.2 Å². The summed E-state index contributed by atoms with van der Waals surface area (Å²) in [5.74, 6) is 1.52. The van der Waals surface area contributed by atoms with Gasteiger partial charge in [0.25, 0.3) is 0 Å². The Morgan fingerprint density at radius 3 is 2.94 bits per heavy atom. The molecule has 5 rings (SSSR count). The third-order valence-corrected chi connectivity index (χ3v) is 12.0. The fraction of sp³-hybridized carbons (Fsp3) is 0.480. The van der Waals surface area contributed by atoms with Gasteiger partial charge in [-0.15, -0.1) is 0 Å². The van der Waals surface area contributed by atoms with Crippen LogP contribution in [0.4, 0.5) is 4.79 Å². The minimum atomic E-state index is -1.25. The number of aryl methyl sites for hydroxylation is 1. The van der Waals surface area contributed by atoms with Crippen molar-refractivity contribution in [2.24, 2.45) is 5.92 Å². The summed E-state index contributed by atoms with van der Waals surface area (Å²) < 4.78 is 3.01. The van der Waals surface area contributed by atoms with E-state index in [4.69, 9.17) is 9.97 Å². The first-order chi connectivity index (χ1) is 15.6. The van der Waals surface area contributed by atoms with Crippen molar-refractivity contribution >= 4 is 31.8 Å². The van der Waals surface area contributed by atoms with Crippen LogP contribution in [-0.4, -0.2) is 58.4 Å². The molecule has 32 heavy (non-hydrogen) atoms. The zero-order valence-electron chi connectivity index (χ0n) is 18.7. The van der Waals surface area contributed by atoms with Gasteiger partial charge < -0.3 is 0 Å². The second-order valence-electron chi connectivity index (χ2n) is 9.24. The average molecular weight is 494 g/mol. The number of amides is 1. The second-order valence-corrected chi connectivity index (χ2v) is 14.4. The van der Waals surface area contributed by atoms with Crippen LogP contribution in [0.2, 0.25) is 5.71 Å².